The number of allylic oxidation sites excluding steroid dienone is 1. The Kier molecular flexibility index (Phi) is 13.1. The van der Waals surface area contributed by atoms with Gasteiger partial charge in [0.05, 0.1) is 44.3 Å². The Morgan fingerprint density at radius 3 is 2.05 bits per heavy atom. The number of nitrogens with zero attached hydrogens (tertiary/aromatic N) is 4. The monoisotopic (exact) mass is 873 g/mol. The SMILES string of the molecule is COC(=O)N[C@H](C(=O)N1CCC[C@H]1c1ncc(-c2ccc3cc(-c4ccc(C5=CN=C([C@@H]6CCCN6C(=O)[C@H](NC(=O)OC)c6ccccc6)C5)cc4)ccc3c2)[nH]1)[C@@H](C)OC(F)F. The molecule has 4 amide bonds. The van der Waals surface area contributed by atoms with Crippen LogP contribution in [-0.2, 0) is 23.8 Å². The summed E-state index contributed by atoms with van der Waals surface area (Å²) in [5.41, 5.74) is 7.50. The lowest BCUT2D eigenvalue weighted by Gasteiger charge is -2.30. The lowest BCUT2D eigenvalue weighted by molar-refractivity contribution is -0.171. The van der Waals surface area contributed by atoms with E-state index in [-0.39, 0.29) is 11.9 Å². The molecule has 0 bridgehead atoms. The number of alkyl halides is 2. The van der Waals surface area contributed by atoms with Gasteiger partial charge in [-0.2, -0.15) is 8.78 Å². The summed E-state index contributed by atoms with van der Waals surface area (Å²) in [6, 6.07) is 27.1. The predicted molar refractivity (Wildman–Crippen MR) is 236 cm³/mol. The number of halogens is 2. The van der Waals surface area contributed by atoms with Gasteiger partial charge >= 0.3 is 18.8 Å². The third-order valence-electron chi connectivity index (χ3n) is 12.2. The van der Waals surface area contributed by atoms with Crippen molar-refractivity contribution in [3.63, 3.8) is 0 Å². The molecule has 5 atom stereocenters. The summed E-state index contributed by atoms with van der Waals surface area (Å²) in [6.45, 7) is -0.900. The van der Waals surface area contributed by atoms with Crippen molar-refractivity contribution in [2.45, 2.75) is 75.9 Å². The van der Waals surface area contributed by atoms with Crippen LogP contribution in [0.4, 0.5) is 18.4 Å². The van der Waals surface area contributed by atoms with Crippen LogP contribution in [-0.4, -0.2) is 102 Å². The number of hydrogen-bond donors (Lipinski definition) is 3. The second-order valence-corrected chi connectivity index (χ2v) is 16.1. The van der Waals surface area contributed by atoms with Crippen LogP contribution < -0.4 is 10.6 Å². The second kappa shape index (κ2) is 19.2. The Morgan fingerprint density at radius 2 is 1.36 bits per heavy atom. The van der Waals surface area contributed by atoms with Crippen molar-refractivity contribution in [3.8, 4) is 22.4 Å². The highest BCUT2D eigenvalue weighted by Gasteiger charge is 2.40. The first-order valence-electron chi connectivity index (χ1n) is 21.2. The fraction of sp³-hybridized carbons (Fsp3) is 0.333. The second-order valence-electron chi connectivity index (χ2n) is 16.1. The Morgan fingerprint density at radius 1 is 0.750 bits per heavy atom. The number of nitrogens with one attached hydrogen (secondary N) is 3. The standard InChI is InChI=1S/C48H49F2N7O7/c1-28(64-46(49)50)41(54-47(60)62-2)44(58)57-22-8-12-40(57)43-52-27-38(53-43)35-20-19-33-23-32(17-18-34(33)24-35)29-13-15-30(16-14-29)36-25-37(51-26-36)39-11-7-21-56(39)45(59)42(55-48(61)63-3)31-9-5-4-6-10-31/h4-6,9-10,13-20,23-24,26-28,39-42,46H,7-8,11-12,21-22,25H2,1-3H3,(H,52,53)(H,54,60)(H,55,61)/t28-,39+,40+,41+,42-/m1/s1. The van der Waals surface area contributed by atoms with Crippen LogP contribution in [0, 0.1) is 0 Å². The van der Waals surface area contributed by atoms with Gasteiger partial charge in [-0.3, -0.25) is 14.6 Å². The maximum atomic E-state index is 13.9. The van der Waals surface area contributed by atoms with Gasteiger partial charge in [-0.05, 0) is 83.3 Å². The van der Waals surface area contributed by atoms with E-state index in [9.17, 15) is 28.0 Å². The van der Waals surface area contributed by atoms with E-state index < -0.39 is 48.9 Å². The molecule has 4 aromatic carbocycles. The number of aromatic nitrogens is 2. The number of amides is 4. The van der Waals surface area contributed by atoms with Crippen LogP contribution >= 0.6 is 0 Å². The smallest absolute Gasteiger partial charge is 0.407 e. The Labute approximate surface area is 368 Å². The molecule has 2 fully saturated rings. The van der Waals surface area contributed by atoms with Crippen molar-refractivity contribution in [2.75, 3.05) is 27.3 Å². The molecule has 5 aromatic rings. The number of likely N-dealkylation sites (tertiary alicyclic amines) is 2. The first-order valence-corrected chi connectivity index (χ1v) is 21.2. The number of aromatic amines is 1. The molecule has 1 aromatic heterocycles. The molecule has 0 aliphatic carbocycles. The summed E-state index contributed by atoms with van der Waals surface area (Å²) in [5.74, 6) is -0.210. The predicted octanol–water partition coefficient (Wildman–Crippen LogP) is 8.19. The first-order chi connectivity index (χ1) is 31.0. The average Bonchev–Trinajstić information content (AvgIpc) is 4.17. The maximum Gasteiger partial charge on any atom is 0.407 e. The number of fused-ring (bicyclic) bond motifs is 1. The van der Waals surface area contributed by atoms with Crippen molar-refractivity contribution in [1.29, 1.82) is 0 Å². The summed E-state index contributed by atoms with van der Waals surface area (Å²) in [5, 5.41) is 7.14. The largest absolute Gasteiger partial charge is 0.453 e. The van der Waals surface area contributed by atoms with E-state index in [4.69, 9.17) is 9.73 Å². The molecule has 2 saturated heterocycles. The quantitative estimate of drug-likeness (QED) is 0.107. The van der Waals surface area contributed by atoms with E-state index in [1.165, 1.54) is 18.9 Å². The van der Waals surface area contributed by atoms with Crippen molar-refractivity contribution >= 4 is 46.1 Å². The van der Waals surface area contributed by atoms with Gasteiger partial charge in [0.1, 0.15) is 17.9 Å². The normalized spacial score (nSPS) is 18.7. The zero-order valence-corrected chi connectivity index (χ0v) is 35.6. The van der Waals surface area contributed by atoms with Crippen molar-refractivity contribution in [3.05, 3.63) is 120 Å². The minimum atomic E-state index is -3.13. The number of rotatable bonds is 13. The van der Waals surface area contributed by atoms with E-state index in [1.807, 2.05) is 47.5 Å². The minimum Gasteiger partial charge on any atom is -0.453 e. The molecule has 3 aliphatic rings. The molecule has 3 N–H and O–H groups in total. The van der Waals surface area contributed by atoms with Gasteiger partial charge in [0, 0.05) is 37.0 Å². The lowest BCUT2D eigenvalue weighted by Crippen LogP contribution is -2.54. The lowest BCUT2D eigenvalue weighted by atomic mass is 9.95. The molecule has 4 heterocycles. The Bertz CT molecular complexity index is 2580. The molecule has 0 unspecified atom stereocenters. The number of benzene rings is 4. The van der Waals surface area contributed by atoms with Crippen LogP contribution in [0.1, 0.15) is 68.1 Å². The first kappa shape index (κ1) is 43.7. The molecule has 0 spiro atoms. The third-order valence-corrected chi connectivity index (χ3v) is 12.2. The number of carbonyl (C=O) groups excluding carboxylic acids is 4. The molecule has 14 nitrogen and oxygen atoms in total. The highest BCUT2D eigenvalue weighted by atomic mass is 19.3. The third kappa shape index (κ3) is 9.37. The summed E-state index contributed by atoms with van der Waals surface area (Å²) in [7, 11) is 2.40. The molecule has 16 heteroatoms. The van der Waals surface area contributed by atoms with Gasteiger partial charge in [-0.25, -0.2) is 14.6 Å². The topological polar surface area (TPSA) is 168 Å². The molecule has 64 heavy (non-hydrogen) atoms. The van der Waals surface area contributed by atoms with Crippen molar-refractivity contribution in [2.24, 2.45) is 4.99 Å². The molecular formula is C48H49F2N7O7. The van der Waals surface area contributed by atoms with Gasteiger partial charge in [-0.1, -0.05) is 78.9 Å². The Hall–Kier alpha value is -6.94. The van der Waals surface area contributed by atoms with Gasteiger partial charge in [0.25, 0.3) is 0 Å². The van der Waals surface area contributed by atoms with E-state index in [1.54, 1.807) is 6.20 Å². The molecule has 8 rings (SSSR count). The van der Waals surface area contributed by atoms with Crippen LogP contribution in [0.2, 0.25) is 0 Å². The number of imidazole rings is 1. The summed E-state index contributed by atoms with van der Waals surface area (Å²) >= 11 is 0. The van der Waals surface area contributed by atoms with Gasteiger partial charge in [0.15, 0.2) is 0 Å². The highest BCUT2D eigenvalue weighted by Crippen LogP contribution is 2.36. The fourth-order valence-electron chi connectivity index (χ4n) is 8.90. The van der Waals surface area contributed by atoms with Crippen molar-refractivity contribution < 1.29 is 42.2 Å². The van der Waals surface area contributed by atoms with Crippen LogP contribution in [0.15, 0.2) is 108 Å². The number of alkyl carbamates (subject to hydrolysis) is 2. The van der Waals surface area contributed by atoms with Gasteiger partial charge in [0.2, 0.25) is 11.8 Å². The van der Waals surface area contributed by atoms with Crippen LogP contribution in [0.5, 0.6) is 0 Å². The van der Waals surface area contributed by atoms with E-state index in [0.29, 0.717) is 43.7 Å². The summed E-state index contributed by atoms with van der Waals surface area (Å²) < 4.78 is 40.2. The maximum absolute atomic E-state index is 13.9. The zero-order valence-electron chi connectivity index (χ0n) is 35.6. The number of H-pyrrole nitrogens is 1. The van der Waals surface area contributed by atoms with Crippen molar-refractivity contribution in [1.82, 2.24) is 30.4 Å². The molecule has 0 radical (unpaired) electrons. The molecule has 0 saturated carbocycles. The minimum absolute atomic E-state index is 0.169. The van der Waals surface area contributed by atoms with E-state index >= 15 is 0 Å². The van der Waals surface area contributed by atoms with E-state index in [2.05, 4.69) is 84.7 Å². The molecule has 3 aliphatic heterocycles. The van der Waals surface area contributed by atoms with Crippen LogP contribution in [0.25, 0.3) is 38.7 Å². The fourth-order valence-corrected chi connectivity index (χ4v) is 8.90. The number of hydrogen-bond acceptors (Lipinski definition) is 9. The number of carbonyl (C=O) groups is 4. The van der Waals surface area contributed by atoms with Gasteiger partial charge < -0.3 is 39.6 Å². The summed E-state index contributed by atoms with van der Waals surface area (Å²) in [6.07, 6.45) is 4.20. The molecule has 332 valence electrons. The number of methoxy groups -OCH3 is 2. The van der Waals surface area contributed by atoms with Gasteiger partial charge in [-0.15, -0.1) is 0 Å². The molecular weight excluding hydrogens is 825 g/mol. The zero-order chi connectivity index (χ0) is 44.9. The Balaban J connectivity index is 0.914. The number of ether oxygens (including phenoxy) is 3. The van der Waals surface area contributed by atoms with E-state index in [0.717, 1.165) is 70.0 Å². The summed E-state index contributed by atoms with van der Waals surface area (Å²) in [4.78, 5) is 68.0. The van der Waals surface area contributed by atoms with Crippen LogP contribution in [0.3, 0.4) is 0 Å². The highest BCUT2D eigenvalue weighted by molar-refractivity contribution is 6.04. The number of aliphatic imine (C=N–C) groups is 1. The average molecular weight is 874 g/mol.